The lowest BCUT2D eigenvalue weighted by Crippen LogP contribution is -2.23. The van der Waals surface area contributed by atoms with E-state index in [1.54, 1.807) is 42.3 Å². The van der Waals surface area contributed by atoms with E-state index in [1.807, 2.05) is 36.4 Å². The van der Waals surface area contributed by atoms with Crippen molar-refractivity contribution in [2.24, 2.45) is 4.99 Å². The lowest BCUT2D eigenvalue weighted by molar-refractivity contribution is -0.121. The first-order chi connectivity index (χ1) is 15.5. The standard InChI is InChI=1S/C25H22N2O4S/c1-4-16-7-5-6-8-20(16)26-25-27(2)23(28)22(32-25)15-19-13-14-21(31-19)17-9-11-18(12-10-17)24(29)30-3/h5-15H,4H2,1-3H3/b22-15+,26-25?. The highest BCUT2D eigenvalue weighted by atomic mass is 32.2. The van der Waals surface area contributed by atoms with E-state index in [1.165, 1.54) is 18.9 Å². The summed E-state index contributed by atoms with van der Waals surface area (Å²) in [6.07, 6.45) is 2.60. The van der Waals surface area contributed by atoms with Crippen molar-refractivity contribution in [3.63, 3.8) is 0 Å². The van der Waals surface area contributed by atoms with Gasteiger partial charge in [0.25, 0.3) is 5.91 Å². The van der Waals surface area contributed by atoms with Gasteiger partial charge in [-0.1, -0.05) is 37.3 Å². The predicted molar refractivity (Wildman–Crippen MR) is 127 cm³/mol. The van der Waals surface area contributed by atoms with E-state index in [0.717, 1.165) is 23.2 Å². The first-order valence-electron chi connectivity index (χ1n) is 10.1. The summed E-state index contributed by atoms with van der Waals surface area (Å²) in [5, 5.41) is 0.632. The molecule has 1 aromatic heterocycles. The summed E-state index contributed by atoms with van der Waals surface area (Å²) in [4.78, 5) is 31.1. The van der Waals surface area contributed by atoms with Crippen molar-refractivity contribution < 1.29 is 18.7 Å². The fourth-order valence-electron chi connectivity index (χ4n) is 3.28. The Balaban J connectivity index is 1.56. The highest BCUT2D eigenvalue weighted by Gasteiger charge is 2.30. The van der Waals surface area contributed by atoms with Crippen LogP contribution in [-0.2, 0) is 16.0 Å². The molecule has 7 heteroatoms. The van der Waals surface area contributed by atoms with Crippen molar-refractivity contribution >= 4 is 40.6 Å². The maximum atomic E-state index is 12.7. The number of rotatable bonds is 5. The first-order valence-corrected chi connectivity index (χ1v) is 10.9. The van der Waals surface area contributed by atoms with Crippen LogP contribution in [0.15, 0.2) is 75.0 Å². The first kappa shape index (κ1) is 21.6. The predicted octanol–water partition coefficient (Wildman–Crippen LogP) is 5.53. The molecule has 1 saturated heterocycles. The lowest BCUT2D eigenvalue weighted by Gasteiger charge is -2.08. The van der Waals surface area contributed by atoms with Crippen LogP contribution in [0, 0.1) is 0 Å². The Kier molecular flexibility index (Phi) is 6.28. The highest BCUT2D eigenvalue weighted by Crippen LogP contribution is 2.34. The number of hydrogen-bond acceptors (Lipinski definition) is 6. The van der Waals surface area contributed by atoms with Crippen LogP contribution in [0.1, 0.15) is 28.6 Å². The topological polar surface area (TPSA) is 72.1 Å². The molecular weight excluding hydrogens is 424 g/mol. The summed E-state index contributed by atoms with van der Waals surface area (Å²) in [5.74, 6) is 0.698. The van der Waals surface area contributed by atoms with E-state index in [4.69, 9.17) is 14.1 Å². The van der Waals surface area contributed by atoms with Crippen molar-refractivity contribution in [2.75, 3.05) is 14.2 Å². The Morgan fingerprint density at radius 1 is 1.12 bits per heavy atom. The zero-order valence-electron chi connectivity index (χ0n) is 18.0. The third-order valence-corrected chi connectivity index (χ3v) is 6.14. The highest BCUT2D eigenvalue weighted by molar-refractivity contribution is 8.18. The molecule has 6 nitrogen and oxygen atoms in total. The number of hydrogen-bond donors (Lipinski definition) is 0. The van der Waals surface area contributed by atoms with Gasteiger partial charge in [0, 0.05) is 18.7 Å². The maximum Gasteiger partial charge on any atom is 0.337 e. The van der Waals surface area contributed by atoms with Crippen LogP contribution < -0.4 is 0 Å². The number of furan rings is 1. The minimum atomic E-state index is -0.388. The SMILES string of the molecule is CCc1ccccc1N=C1S/C(=C/c2ccc(-c3ccc(C(=O)OC)cc3)o2)C(=O)N1C. The molecule has 2 heterocycles. The van der Waals surface area contributed by atoms with Gasteiger partial charge < -0.3 is 9.15 Å². The second-order valence-corrected chi connectivity index (χ2v) is 8.13. The Morgan fingerprint density at radius 2 is 1.88 bits per heavy atom. The summed E-state index contributed by atoms with van der Waals surface area (Å²) in [5.41, 5.74) is 3.29. The van der Waals surface area contributed by atoms with Gasteiger partial charge in [0.2, 0.25) is 0 Å². The molecule has 32 heavy (non-hydrogen) atoms. The number of esters is 1. The summed E-state index contributed by atoms with van der Waals surface area (Å²) in [7, 11) is 3.07. The Morgan fingerprint density at radius 3 is 2.59 bits per heavy atom. The summed E-state index contributed by atoms with van der Waals surface area (Å²) in [6, 6.07) is 18.5. The average molecular weight is 447 g/mol. The molecular formula is C25H22N2O4S. The minimum absolute atomic E-state index is 0.122. The molecule has 3 aromatic rings. The van der Waals surface area contributed by atoms with Crippen LogP contribution in [-0.4, -0.2) is 36.1 Å². The van der Waals surface area contributed by atoms with E-state index in [9.17, 15) is 9.59 Å². The second kappa shape index (κ2) is 9.28. The van der Waals surface area contributed by atoms with Crippen LogP contribution in [0.25, 0.3) is 17.4 Å². The monoisotopic (exact) mass is 446 g/mol. The quantitative estimate of drug-likeness (QED) is 0.381. The largest absolute Gasteiger partial charge is 0.465 e. The molecule has 0 bridgehead atoms. The normalized spacial score (nSPS) is 16.2. The van der Waals surface area contributed by atoms with Crippen molar-refractivity contribution in [2.45, 2.75) is 13.3 Å². The molecule has 2 aromatic carbocycles. The number of benzene rings is 2. The number of carbonyl (C=O) groups excluding carboxylic acids is 2. The van der Waals surface area contributed by atoms with Crippen LogP contribution in [0.5, 0.6) is 0 Å². The molecule has 1 amide bonds. The third-order valence-electron chi connectivity index (χ3n) is 5.08. The number of nitrogens with zero attached hydrogens (tertiary/aromatic N) is 2. The van der Waals surface area contributed by atoms with Gasteiger partial charge in [-0.15, -0.1) is 0 Å². The number of ether oxygens (including phenoxy) is 1. The van der Waals surface area contributed by atoms with Crippen LogP contribution in [0.4, 0.5) is 5.69 Å². The Bertz CT molecular complexity index is 1220. The zero-order chi connectivity index (χ0) is 22.7. The van der Waals surface area contributed by atoms with Gasteiger partial charge in [-0.05, 0) is 54.1 Å². The maximum absolute atomic E-state index is 12.7. The third kappa shape index (κ3) is 4.38. The van der Waals surface area contributed by atoms with Gasteiger partial charge in [0.1, 0.15) is 11.5 Å². The van der Waals surface area contributed by atoms with Gasteiger partial charge in [-0.3, -0.25) is 9.69 Å². The van der Waals surface area contributed by atoms with Crippen LogP contribution >= 0.6 is 11.8 Å². The molecule has 1 aliphatic rings. The molecule has 0 atom stereocenters. The van der Waals surface area contributed by atoms with E-state index in [2.05, 4.69) is 6.92 Å². The van der Waals surface area contributed by atoms with E-state index < -0.39 is 0 Å². The fourth-order valence-corrected chi connectivity index (χ4v) is 4.24. The number of methoxy groups -OCH3 is 1. The number of thioether (sulfide) groups is 1. The molecule has 0 N–H and O–H groups in total. The molecule has 0 unspecified atom stereocenters. The summed E-state index contributed by atoms with van der Waals surface area (Å²) >= 11 is 1.32. The lowest BCUT2D eigenvalue weighted by atomic mass is 10.1. The minimum Gasteiger partial charge on any atom is -0.465 e. The van der Waals surface area contributed by atoms with Gasteiger partial charge in [-0.25, -0.2) is 9.79 Å². The van der Waals surface area contributed by atoms with Crippen molar-refractivity contribution in [1.82, 2.24) is 4.90 Å². The molecule has 1 fully saturated rings. The average Bonchev–Trinajstić information content (AvgIpc) is 3.40. The molecule has 0 radical (unpaired) electrons. The van der Waals surface area contributed by atoms with Gasteiger partial charge in [0.15, 0.2) is 5.17 Å². The molecule has 4 rings (SSSR count). The number of aliphatic imine (C=N–C) groups is 1. The van der Waals surface area contributed by atoms with E-state index >= 15 is 0 Å². The van der Waals surface area contributed by atoms with Crippen LogP contribution in [0.2, 0.25) is 0 Å². The molecule has 0 spiro atoms. The van der Waals surface area contributed by atoms with Crippen molar-refractivity contribution in [1.29, 1.82) is 0 Å². The Hall–Kier alpha value is -3.58. The molecule has 1 aliphatic heterocycles. The van der Waals surface area contributed by atoms with Gasteiger partial charge in [0.05, 0.1) is 23.3 Å². The number of carbonyl (C=O) groups is 2. The number of amides is 1. The molecule has 0 saturated carbocycles. The number of para-hydroxylation sites is 1. The van der Waals surface area contributed by atoms with Gasteiger partial charge >= 0.3 is 5.97 Å². The smallest absolute Gasteiger partial charge is 0.337 e. The Labute approximate surface area is 190 Å². The fraction of sp³-hybridized carbons (Fsp3) is 0.160. The number of likely N-dealkylation sites (N-methyl/N-ethyl adjacent to an activating group) is 1. The molecule has 0 aliphatic carbocycles. The summed E-state index contributed by atoms with van der Waals surface area (Å²) in [6.45, 7) is 2.08. The number of aryl methyl sites for hydroxylation is 1. The zero-order valence-corrected chi connectivity index (χ0v) is 18.8. The van der Waals surface area contributed by atoms with Gasteiger partial charge in [-0.2, -0.15) is 0 Å². The van der Waals surface area contributed by atoms with Crippen molar-refractivity contribution in [3.05, 3.63) is 82.5 Å². The number of amidine groups is 1. The van der Waals surface area contributed by atoms with E-state index in [-0.39, 0.29) is 11.9 Å². The second-order valence-electron chi connectivity index (χ2n) is 7.12. The van der Waals surface area contributed by atoms with Crippen molar-refractivity contribution in [3.8, 4) is 11.3 Å². The summed E-state index contributed by atoms with van der Waals surface area (Å²) < 4.78 is 10.6. The van der Waals surface area contributed by atoms with Crippen LogP contribution in [0.3, 0.4) is 0 Å². The van der Waals surface area contributed by atoms with E-state index in [0.29, 0.717) is 27.2 Å². The molecule has 162 valence electrons.